The van der Waals surface area contributed by atoms with Gasteiger partial charge in [-0.1, -0.05) is 6.42 Å². The second-order valence-corrected chi connectivity index (χ2v) is 6.43. The predicted octanol–water partition coefficient (Wildman–Crippen LogP) is 0.470. The third-order valence-corrected chi connectivity index (χ3v) is 5.06. The molecular weight excluding hydrogens is 266 g/mol. The van der Waals surface area contributed by atoms with Gasteiger partial charge in [-0.15, -0.1) is 0 Å². The van der Waals surface area contributed by atoms with Gasteiger partial charge in [0.05, 0.1) is 6.26 Å². The molecule has 1 aliphatic heterocycles. The molecule has 2 heterocycles. The predicted molar refractivity (Wildman–Crippen MR) is 72.7 cm³/mol. The summed E-state index contributed by atoms with van der Waals surface area (Å²) in [4.78, 5) is 0. The van der Waals surface area contributed by atoms with Crippen LogP contribution in [0.25, 0.3) is 0 Å². The maximum atomic E-state index is 12.2. The third-order valence-electron chi connectivity index (χ3n) is 3.39. The quantitative estimate of drug-likeness (QED) is 0.796. The molecule has 1 unspecified atom stereocenters. The van der Waals surface area contributed by atoms with Gasteiger partial charge >= 0.3 is 0 Å². The van der Waals surface area contributed by atoms with Gasteiger partial charge in [-0.25, -0.2) is 4.72 Å². The molecule has 0 aromatic carbocycles. The fourth-order valence-corrected chi connectivity index (χ4v) is 3.85. The van der Waals surface area contributed by atoms with E-state index in [-0.39, 0.29) is 6.04 Å². The topological polar surface area (TPSA) is 88.6 Å². The number of hydrogen-bond acceptors (Lipinski definition) is 4. The van der Waals surface area contributed by atoms with E-state index in [0.29, 0.717) is 26.1 Å². The highest BCUT2D eigenvalue weighted by atomic mass is 32.2. The van der Waals surface area contributed by atoms with Crippen molar-refractivity contribution in [3.63, 3.8) is 0 Å². The van der Waals surface area contributed by atoms with Gasteiger partial charge in [0.1, 0.15) is 5.76 Å². The highest BCUT2D eigenvalue weighted by Gasteiger charge is 2.30. The summed E-state index contributed by atoms with van der Waals surface area (Å²) < 4.78 is 33.7. The zero-order valence-electron chi connectivity index (χ0n) is 10.9. The number of furan rings is 1. The summed E-state index contributed by atoms with van der Waals surface area (Å²) >= 11 is 0. The van der Waals surface area contributed by atoms with E-state index in [9.17, 15) is 8.42 Å². The number of rotatable bonds is 6. The Morgan fingerprint density at radius 3 is 3.00 bits per heavy atom. The van der Waals surface area contributed by atoms with Crippen LogP contribution in [0.5, 0.6) is 0 Å². The average molecular weight is 287 g/mol. The lowest BCUT2D eigenvalue weighted by molar-refractivity contribution is 0.254. The van der Waals surface area contributed by atoms with Crippen LogP contribution in [0.1, 0.15) is 25.0 Å². The SMILES string of the molecule is NCC1CCCCN1S(=O)(=O)NCCc1ccco1. The lowest BCUT2D eigenvalue weighted by Crippen LogP contribution is -2.51. The van der Waals surface area contributed by atoms with Crippen LogP contribution in [-0.4, -0.2) is 38.4 Å². The first-order valence-corrected chi connectivity index (χ1v) is 8.06. The molecule has 1 saturated heterocycles. The molecule has 0 spiro atoms. The molecule has 0 aliphatic carbocycles. The van der Waals surface area contributed by atoms with Gasteiger partial charge < -0.3 is 10.2 Å². The fourth-order valence-electron chi connectivity index (χ4n) is 2.37. The molecule has 19 heavy (non-hydrogen) atoms. The van der Waals surface area contributed by atoms with Crippen molar-refractivity contribution < 1.29 is 12.8 Å². The molecular formula is C12H21N3O3S. The molecule has 1 atom stereocenters. The zero-order valence-corrected chi connectivity index (χ0v) is 11.7. The van der Waals surface area contributed by atoms with Gasteiger partial charge in [-0.05, 0) is 25.0 Å². The molecule has 1 aliphatic rings. The molecule has 1 aromatic rings. The molecule has 0 bridgehead atoms. The van der Waals surface area contributed by atoms with E-state index in [4.69, 9.17) is 10.2 Å². The Balaban J connectivity index is 1.89. The zero-order chi connectivity index (χ0) is 13.7. The summed E-state index contributed by atoms with van der Waals surface area (Å²) in [6, 6.07) is 3.55. The van der Waals surface area contributed by atoms with Crippen LogP contribution in [0.15, 0.2) is 22.8 Å². The van der Waals surface area contributed by atoms with Crippen molar-refractivity contribution in [3.05, 3.63) is 24.2 Å². The monoisotopic (exact) mass is 287 g/mol. The number of nitrogens with one attached hydrogen (secondary N) is 1. The maximum absolute atomic E-state index is 12.2. The van der Waals surface area contributed by atoms with Crippen LogP contribution in [0.3, 0.4) is 0 Å². The smallest absolute Gasteiger partial charge is 0.279 e. The second kappa shape index (κ2) is 6.51. The minimum Gasteiger partial charge on any atom is -0.469 e. The summed E-state index contributed by atoms with van der Waals surface area (Å²) in [5.41, 5.74) is 5.65. The van der Waals surface area contributed by atoms with E-state index >= 15 is 0 Å². The largest absolute Gasteiger partial charge is 0.469 e. The minimum absolute atomic E-state index is 0.0742. The Morgan fingerprint density at radius 1 is 1.47 bits per heavy atom. The first-order valence-electron chi connectivity index (χ1n) is 6.62. The molecule has 3 N–H and O–H groups in total. The molecule has 1 fully saturated rings. The Morgan fingerprint density at radius 2 is 2.32 bits per heavy atom. The van der Waals surface area contributed by atoms with Crippen LogP contribution < -0.4 is 10.5 Å². The van der Waals surface area contributed by atoms with Crippen molar-refractivity contribution in [1.82, 2.24) is 9.03 Å². The van der Waals surface area contributed by atoms with Crippen molar-refractivity contribution in [2.24, 2.45) is 5.73 Å². The van der Waals surface area contributed by atoms with Gasteiger partial charge in [0.25, 0.3) is 10.2 Å². The second-order valence-electron chi connectivity index (χ2n) is 4.72. The molecule has 0 radical (unpaired) electrons. The molecule has 108 valence electrons. The van der Waals surface area contributed by atoms with Crippen LogP contribution in [0.2, 0.25) is 0 Å². The Labute approximate surface area is 114 Å². The van der Waals surface area contributed by atoms with Gasteiger partial charge in [0, 0.05) is 32.1 Å². The number of piperidine rings is 1. The van der Waals surface area contributed by atoms with Gasteiger partial charge in [0.15, 0.2) is 0 Å². The van der Waals surface area contributed by atoms with Crippen molar-refractivity contribution in [1.29, 1.82) is 0 Å². The van der Waals surface area contributed by atoms with Crippen LogP contribution in [0.4, 0.5) is 0 Å². The number of hydrogen-bond donors (Lipinski definition) is 2. The van der Waals surface area contributed by atoms with Crippen molar-refractivity contribution in [2.75, 3.05) is 19.6 Å². The summed E-state index contributed by atoms with van der Waals surface area (Å²) in [5, 5.41) is 0. The van der Waals surface area contributed by atoms with Crippen molar-refractivity contribution in [2.45, 2.75) is 31.7 Å². The van der Waals surface area contributed by atoms with Crippen LogP contribution >= 0.6 is 0 Å². The van der Waals surface area contributed by atoms with Gasteiger partial charge in [-0.3, -0.25) is 0 Å². The van der Waals surface area contributed by atoms with Crippen molar-refractivity contribution >= 4 is 10.2 Å². The van der Waals surface area contributed by atoms with E-state index in [1.54, 1.807) is 12.3 Å². The van der Waals surface area contributed by atoms with Crippen molar-refractivity contribution in [3.8, 4) is 0 Å². The Hall–Kier alpha value is -0.890. The number of nitrogens with zero attached hydrogens (tertiary/aromatic N) is 1. The fraction of sp³-hybridized carbons (Fsp3) is 0.667. The summed E-state index contributed by atoms with van der Waals surface area (Å²) in [6.45, 7) is 1.26. The standard InChI is InChI=1S/C12H21N3O3S/c13-10-11-4-1-2-8-15(11)19(16,17)14-7-6-12-5-3-9-18-12/h3,5,9,11,14H,1-2,4,6-8,10,13H2. The minimum atomic E-state index is -3.44. The Bertz CT molecular complexity index is 472. The van der Waals surface area contributed by atoms with E-state index < -0.39 is 10.2 Å². The maximum Gasteiger partial charge on any atom is 0.279 e. The lowest BCUT2D eigenvalue weighted by atomic mass is 10.1. The first-order chi connectivity index (χ1) is 9.13. The molecule has 1 aromatic heterocycles. The molecule has 6 nitrogen and oxygen atoms in total. The van der Waals surface area contributed by atoms with E-state index in [0.717, 1.165) is 25.0 Å². The molecule has 7 heteroatoms. The Kier molecular flexibility index (Phi) is 4.98. The summed E-state index contributed by atoms with van der Waals surface area (Å²) in [5.74, 6) is 0.775. The molecule has 2 rings (SSSR count). The third kappa shape index (κ3) is 3.79. The van der Waals surface area contributed by atoms with Gasteiger partial charge in [-0.2, -0.15) is 12.7 Å². The van der Waals surface area contributed by atoms with E-state index in [1.165, 1.54) is 4.31 Å². The molecule has 0 amide bonds. The average Bonchev–Trinajstić information content (AvgIpc) is 2.91. The summed E-state index contributed by atoms with van der Waals surface area (Å²) in [7, 11) is -3.44. The highest BCUT2D eigenvalue weighted by Crippen LogP contribution is 2.18. The van der Waals surface area contributed by atoms with E-state index in [2.05, 4.69) is 4.72 Å². The van der Waals surface area contributed by atoms with Crippen LogP contribution in [0, 0.1) is 0 Å². The number of nitrogens with two attached hydrogens (primary N) is 1. The normalized spacial score (nSPS) is 21.6. The van der Waals surface area contributed by atoms with Crippen LogP contribution in [-0.2, 0) is 16.6 Å². The van der Waals surface area contributed by atoms with E-state index in [1.807, 2.05) is 6.07 Å². The lowest BCUT2D eigenvalue weighted by Gasteiger charge is -2.33. The summed E-state index contributed by atoms with van der Waals surface area (Å²) in [6.07, 6.45) is 4.91. The molecule has 0 saturated carbocycles. The van der Waals surface area contributed by atoms with Gasteiger partial charge in [0.2, 0.25) is 0 Å². The first kappa shape index (κ1) is 14.5. The highest BCUT2D eigenvalue weighted by molar-refractivity contribution is 7.87.